The quantitative estimate of drug-likeness (QED) is 0.778. The summed E-state index contributed by atoms with van der Waals surface area (Å²) in [7, 11) is 0. The molecule has 0 spiro atoms. The van der Waals surface area contributed by atoms with Gasteiger partial charge in [0.15, 0.2) is 0 Å². The number of rotatable bonds is 4. The molecule has 0 aliphatic carbocycles. The summed E-state index contributed by atoms with van der Waals surface area (Å²) < 4.78 is 13.6. The number of benzene rings is 1. The molecule has 1 heterocycles. The Labute approximate surface area is 104 Å². The zero-order chi connectivity index (χ0) is 13.0. The molecule has 0 fully saturated rings. The van der Waals surface area contributed by atoms with Gasteiger partial charge in [-0.3, -0.25) is 4.79 Å². The van der Waals surface area contributed by atoms with Crippen LogP contribution >= 0.6 is 0 Å². The predicted octanol–water partition coefficient (Wildman–Crippen LogP) is 2.72. The van der Waals surface area contributed by atoms with Gasteiger partial charge in [0.05, 0.1) is 12.2 Å². The van der Waals surface area contributed by atoms with E-state index in [4.69, 9.17) is 0 Å². The maximum absolute atomic E-state index is 13.6. The summed E-state index contributed by atoms with van der Waals surface area (Å²) in [6.45, 7) is 1.91. The van der Waals surface area contributed by atoms with Gasteiger partial charge in [-0.15, -0.1) is 0 Å². The number of carbonyl (C=O) groups is 1. The molecule has 1 amide bonds. The second-order valence-corrected chi connectivity index (χ2v) is 3.92. The summed E-state index contributed by atoms with van der Waals surface area (Å²) in [6, 6.07) is 8.20. The van der Waals surface area contributed by atoms with E-state index in [1.807, 2.05) is 12.1 Å². The van der Waals surface area contributed by atoms with Gasteiger partial charge in [-0.2, -0.15) is 0 Å². The summed E-state index contributed by atoms with van der Waals surface area (Å²) in [6.07, 6.45) is 1.81. The molecule has 0 saturated heterocycles. The van der Waals surface area contributed by atoms with E-state index in [-0.39, 0.29) is 11.7 Å². The summed E-state index contributed by atoms with van der Waals surface area (Å²) in [5.41, 5.74) is 1.88. The second kappa shape index (κ2) is 5.35. The molecular formula is C13H14FN3O. The Morgan fingerprint density at radius 3 is 2.89 bits per heavy atom. The molecule has 3 N–H and O–H groups in total. The molecule has 1 aromatic heterocycles. The third kappa shape index (κ3) is 3.10. The largest absolute Gasteiger partial charge is 0.377 e. The molecule has 2 rings (SSSR count). The number of nitrogens with one attached hydrogen (secondary N) is 3. The van der Waals surface area contributed by atoms with Crippen LogP contribution in [0.15, 0.2) is 36.5 Å². The van der Waals surface area contributed by atoms with Crippen molar-refractivity contribution in [3.05, 3.63) is 48.0 Å². The van der Waals surface area contributed by atoms with Gasteiger partial charge < -0.3 is 15.6 Å². The fourth-order valence-corrected chi connectivity index (χ4v) is 1.61. The topological polar surface area (TPSA) is 56.9 Å². The van der Waals surface area contributed by atoms with Crippen molar-refractivity contribution in [1.82, 2.24) is 4.98 Å². The van der Waals surface area contributed by atoms with Crippen molar-refractivity contribution in [2.75, 3.05) is 10.6 Å². The lowest BCUT2D eigenvalue weighted by Gasteiger charge is -2.09. The number of hydrogen-bond donors (Lipinski definition) is 3. The van der Waals surface area contributed by atoms with Gasteiger partial charge in [-0.1, -0.05) is 0 Å². The standard InChI is InChI=1S/C13H14FN3O/c1-9(18)17-10-4-5-12(14)13(7-10)16-8-11-3-2-6-15-11/h2-7,15-16H,8H2,1H3,(H,17,18). The number of halogens is 1. The molecule has 0 aliphatic rings. The minimum atomic E-state index is -0.351. The van der Waals surface area contributed by atoms with Crippen molar-refractivity contribution < 1.29 is 9.18 Å². The van der Waals surface area contributed by atoms with Gasteiger partial charge in [-0.25, -0.2) is 4.39 Å². The molecule has 0 atom stereocenters. The smallest absolute Gasteiger partial charge is 0.221 e. The number of hydrogen-bond acceptors (Lipinski definition) is 2. The van der Waals surface area contributed by atoms with E-state index in [0.717, 1.165) is 5.69 Å². The molecule has 0 bridgehead atoms. The van der Waals surface area contributed by atoms with E-state index in [1.165, 1.54) is 19.1 Å². The fourth-order valence-electron chi connectivity index (χ4n) is 1.61. The van der Waals surface area contributed by atoms with Gasteiger partial charge in [0.2, 0.25) is 5.91 Å². The minimum Gasteiger partial charge on any atom is -0.377 e. The van der Waals surface area contributed by atoms with Crippen LogP contribution < -0.4 is 10.6 Å². The van der Waals surface area contributed by atoms with Crippen molar-refractivity contribution in [2.45, 2.75) is 13.5 Å². The van der Waals surface area contributed by atoms with Crippen LogP contribution in [0.2, 0.25) is 0 Å². The first-order chi connectivity index (χ1) is 8.65. The normalized spacial score (nSPS) is 10.1. The molecular weight excluding hydrogens is 233 g/mol. The molecule has 2 aromatic rings. The van der Waals surface area contributed by atoms with E-state index in [2.05, 4.69) is 15.6 Å². The van der Waals surface area contributed by atoms with E-state index in [1.54, 1.807) is 12.3 Å². The first-order valence-electron chi connectivity index (χ1n) is 5.58. The molecule has 0 radical (unpaired) electrons. The molecule has 4 nitrogen and oxygen atoms in total. The van der Waals surface area contributed by atoms with E-state index >= 15 is 0 Å². The van der Waals surface area contributed by atoms with Crippen LogP contribution in [0, 0.1) is 5.82 Å². The molecule has 0 saturated carbocycles. The predicted molar refractivity (Wildman–Crippen MR) is 68.8 cm³/mol. The number of carbonyl (C=O) groups excluding carboxylic acids is 1. The van der Waals surface area contributed by atoms with Crippen LogP contribution in [-0.4, -0.2) is 10.9 Å². The highest BCUT2D eigenvalue weighted by atomic mass is 19.1. The van der Waals surface area contributed by atoms with Crippen molar-refractivity contribution in [1.29, 1.82) is 0 Å². The van der Waals surface area contributed by atoms with Crippen LogP contribution in [0.25, 0.3) is 0 Å². The lowest BCUT2D eigenvalue weighted by Crippen LogP contribution is -2.07. The Morgan fingerprint density at radius 2 is 2.22 bits per heavy atom. The summed E-state index contributed by atoms with van der Waals surface area (Å²) in [5.74, 6) is -0.535. The van der Waals surface area contributed by atoms with Gasteiger partial charge >= 0.3 is 0 Å². The van der Waals surface area contributed by atoms with Crippen LogP contribution in [0.4, 0.5) is 15.8 Å². The third-order valence-electron chi connectivity index (χ3n) is 2.42. The van der Waals surface area contributed by atoms with Gasteiger partial charge in [0.25, 0.3) is 0 Å². The Balaban J connectivity index is 2.08. The Kier molecular flexibility index (Phi) is 3.62. The van der Waals surface area contributed by atoms with Crippen molar-refractivity contribution in [3.63, 3.8) is 0 Å². The average Bonchev–Trinajstić information content (AvgIpc) is 2.82. The van der Waals surface area contributed by atoms with Gasteiger partial charge in [0, 0.05) is 24.5 Å². The first kappa shape index (κ1) is 12.2. The Bertz CT molecular complexity index is 537. The van der Waals surface area contributed by atoms with Crippen molar-refractivity contribution in [2.24, 2.45) is 0 Å². The SMILES string of the molecule is CC(=O)Nc1ccc(F)c(NCc2ccc[nH]2)c1. The second-order valence-electron chi connectivity index (χ2n) is 3.92. The first-order valence-corrected chi connectivity index (χ1v) is 5.58. The lowest BCUT2D eigenvalue weighted by molar-refractivity contribution is -0.114. The van der Waals surface area contributed by atoms with Crippen LogP contribution in [0.5, 0.6) is 0 Å². The van der Waals surface area contributed by atoms with Crippen LogP contribution in [0.1, 0.15) is 12.6 Å². The molecule has 18 heavy (non-hydrogen) atoms. The molecule has 0 unspecified atom stereocenters. The van der Waals surface area contributed by atoms with E-state index in [0.29, 0.717) is 17.9 Å². The van der Waals surface area contributed by atoms with Crippen molar-refractivity contribution in [3.8, 4) is 0 Å². The maximum atomic E-state index is 13.6. The average molecular weight is 247 g/mol. The monoisotopic (exact) mass is 247 g/mol. The van der Waals surface area contributed by atoms with E-state index in [9.17, 15) is 9.18 Å². The highest BCUT2D eigenvalue weighted by molar-refractivity contribution is 5.89. The van der Waals surface area contributed by atoms with Crippen molar-refractivity contribution >= 4 is 17.3 Å². The maximum Gasteiger partial charge on any atom is 0.221 e. The molecule has 0 aliphatic heterocycles. The Morgan fingerprint density at radius 1 is 1.39 bits per heavy atom. The zero-order valence-electron chi connectivity index (χ0n) is 9.96. The third-order valence-corrected chi connectivity index (χ3v) is 2.42. The van der Waals surface area contributed by atoms with Gasteiger partial charge in [0.1, 0.15) is 5.82 Å². The number of amides is 1. The number of aromatic nitrogens is 1. The summed E-state index contributed by atoms with van der Waals surface area (Å²) >= 11 is 0. The van der Waals surface area contributed by atoms with Gasteiger partial charge in [-0.05, 0) is 30.3 Å². The lowest BCUT2D eigenvalue weighted by atomic mass is 10.2. The molecule has 1 aromatic carbocycles. The zero-order valence-corrected chi connectivity index (χ0v) is 9.96. The number of aromatic amines is 1. The molecule has 5 heteroatoms. The minimum absolute atomic E-state index is 0.183. The Hall–Kier alpha value is -2.30. The fraction of sp³-hybridized carbons (Fsp3) is 0.154. The number of anilines is 2. The number of H-pyrrole nitrogens is 1. The summed E-state index contributed by atoms with van der Waals surface area (Å²) in [5, 5.41) is 5.58. The molecule has 94 valence electrons. The van der Waals surface area contributed by atoms with E-state index < -0.39 is 0 Å². The highest BCUT2D eigenvalue weighted by Gasteiger charge is 2.04. The highest BCUT2D eigenvalue weighted by Crippen LogP contribution is 2.20. The van der Waals surface area contributed by atoms with Crippen LogP contribution in [-0.2, 0) is 11.3 Å². The van der Waals surface area contributed by atoms with Crippen LogP contribution in [0.3, 0.4) is 0 Å². The summed E-state index contributed by atoms with van der Waals surface area (Å²) in [4.78, 5) is 13.9.